The molecule has 0 spiro atoms. The first-order chi connectivity index (χ1) is 9.02. The van der Waals surface area contributed by atoms with Crippen LogP contribution in [-0.2, 0) is 4.79 Å². The average molecular weight is 304 g/mol. The molecule has 1 aromatic carbocycles. The minimum atomic E-state index is -0.870. The highest BCUT2D eigenvalue weighted by atomic mass is 35.5. The number of phenols is 1. The molecule has 0 radical (unpaired) electrons. The molecule has 3 N–H and O–H groups in total. The quantitative estimate of drug-likeness (QED) is 0.791. The smallest absolute Gasteiger partial charge is 0.321 e. The second kappa shape index (κ2) is 5.90. The van der Waals surface area contributed by atoms with Crippen molar-refractivity contribution in [1.82, 2.24) is 5.32 Å². The van der Waals surface area contributed by atoms with Crippen molar-refractivity contribution in [1.29, 1.82) is 0 Å². The van der Waals surface area contributed by atoms with Crippen LogP contribution in [0.1, 0.15) is 17.9 Å². The SMILES string of the molecule is CCOc1cc(C2NC(C(=O)O)CS2)cc(Cl)c1O. The Morgan fingerprint density at radius 3 is 2.95 bits per heavy atom. The molecule has 2 unspecified atom stereocenters. The van der Waals surface area contributed by atoms with Gasteiger partial charge < -0.3 is 14.9 Å². The maximum absolute atomic E-state index is 10.9. The summed E-state index contributed by atoms with van der Waals surface area (Å²) in [6, 6.07) is 2.73. The first-order valence-electron chi connectivity index (χ1n) is 5.78. The van der Waals surface area contributed by atoms with E-state index in [1.807, 2.05) is 6.92 Å². The van der Waals surface area contributed by atoms with E-state index in [9.17, 15) is 9.90 Å². The summed E-state index contributed by atoms with van der Waals surface area (Å²) in [4.78, 5) is 10.9. The number of rotatable bonds is 4. The third kappa shape index (κ3) is 3.08. The van der Waals surface area contributed by atoms with Crippen LogP contribution in [0.2, 0.25) is 5.02 Å². The summed E-state index contributed by atoms with van der Waals surface area (Å²) in [5.41, 5.74) is 0.792. The van der Waals surface area contributed by atoms with Crippen LogP contribution in [0.3, 0.4) is 0 Å². The molecule has 1 aromatic rings. The molecule has 5 nitrogen and oxygen atoms in total. The molecule has 0 saturated carbocycles. The molecule has 1 aliphatic rings. The van der Waals surface area contributed by atoms with E-state index in [1.165, 1.54) is 11.8 Å². The Balaban J connectivity index is 2.23. The van der Waals surface area contributed by atoms with Crippen molar-refractivity contribution in [2.24, 2.45) is 0 Å². The van der Waals surface area contributed by atoms with Crippen LogP contribution in [0.15, 0.2) is 12.1 Å². The Morgan fingerprint density at radius 1 is 1.63 bits per heavy atom. The number of hydrogen-bond donors (Lipinski definition) is 3. The largest absolute Gasteiger partial charge is 0.503 e. The van der Waals surface area contributed by atoms with Gasteiger partial charge in [0.15, 0.2) is 11.5 Å². The third-order valence-corrected chi connectivity index (χ3v) is 4.29. The van der Waals surface area contributed by atoms with Gasteiger partial charge in [0.25, 0.3) is 0 Å². The zero-order chi connectivity index (χ0) is 14.0. The van der Waals surface area contributed by atoms with Gasteiger partial charge in [-0.15, -0.1) is 11.8 Å². The number of halogens is 1. The zero-order valence-electron chi connectivity index (χ0n) is 10.2. The topological polar surface area (TPSA) is 78.8 Å². The third-order valence-electron chi connectivity index (χ3n) is 2.73. The molecule has 2 atom stereocenters. The first kappa shape index (κ1) is 14.3. The Labute approximate surface area is 119 Å². The average Bonchev–Trinajstić information content (AvgIpc) is 2.84. The number of thioether (sulfide) groups is 1. The maximum atomic E-state index is 10.9. The van der Waals surface area contributed by atoms with Gasteiger partial charge in [0, 0.05) is 5.75 Å². The summed E-state index contributed by atoms with van der Waals surface area (Å²) in [6.45, 7) is 2.22. The molecule has 104 valence electrons. The van der Waals surface area contributed by atoms with Crippen molar-refractivity contribution in [2.75, 3.05) is 12.4 Å². The number of phenolic OH excluding ortho intramolecular Hbond substituents is 1. The highest BCUT2D eigenvalue weighted by Gasteiger charge is 2.31. The number of ether oxygens (including phenoxy) is 1. The Hall–Kier alpha value is -1.11. The molecule has 0 bridgehead atoms. The molecule has 2 rings (SSSR count). The lowest BCUT2D eigenvalue weighted by atomic mass is 10.2. The molecule has 0 aromatic heterocycles. The summed E-state index contributed by atoms with van der Waals surface area (Å²) < 4.78 is 5.30. The number of aromatic hydroxyl groups is 1. The van der Waals surface area contributed by atoms with E-state index in [1.54, 1.807) is 12.1 Å². The van der Waals surface area contributed by atoms with Crippen molar-refractivity contribution in [3.05, 3.63) is 22.7 Å². The van der Waals surface area contributed by atoms with Crippen molar-refractivity contribution >= 4 is 29.3 Å². The number of hydrogen-bond acceptors (Lipinski definition) is 5. The van der Waals surface area contributed by atoms with E-state index in [-0.39, 0.29) is 16.1 Å². The van der Waals surface area contributed by atoms with Gasteiger partial charge in [-0.1, -0.05) is 11.6 Å². The van der Waals surface area contributed by atoms with Gasteiger partial charge in [0.05, 0.1) is 17.0 Å². The van der Waals surface area contributed by atoms with E-state index in [2.05, 4.69) is 5.32 Å². The lowest BCUT2D eigenvalue weighted by Gasteiger charge is -2.15. The highest BCUT2D eigenvalue weighted by molar-refractivity contribution is 7.99. The highest BCUT2D eigenvalue weighted by Crippen LogP contribution is 2.41. The van der Waals surface area contributed by atoms with Gasteiger partial charge in [-0.25, -0.2) is 0 Å². The van der Waals surface area contributed by atoms with Crippen LogP contribution in [0.4, 0.5) is 0 Å². The number of aliphatic carboxylic acids is 1. The lowest BCUT2D eigenvalue weighted by Crippen LogP contribution is -2.33. The fourth-order valence-corrected chi connectivity index (χ4v) is 3.25. The Morgan fingerprint density at radius 2 is 2.37 bits per heavy atom. The van der Waals surface area contributed by atoms with Crippen molar-refractivity contribution < 1.29 is 19.7 Å². The molecule has 7 heteroatoms. The fraction of sp³-hybridized carbons (Fsp3) is 0.417. The van der Waals surface area contributed by atoms with Crippen LogP contribution in [0.25, 0.3) is 0 Å². The summed E-state index contributed by atoms with van der Waals surface area (Å²) >= 11 is 7.43. The van der Waals surface area contributed by atoms with E-state index >= 15 is 0 Å². The van der Waals surface area contributed by atoms with Crippen LogP contribution in [-0.4, -0.2) is 34.6 Å². The molecule has 1 saturated heterocycles. The number of nitrogens with one attached hydrogen (secondary N) is 1. The predicted molar refractivity (Wildman–Crippen MR) is 74.0 cm³/mol. The van der Waals surface area contributed by atoms with Gasteiger partial charge in [-0.2, -0.15) is 0 Å². The van der Waals surface area contributed by atoms with E-state index in [0.29, 0.717) is 18.1 Å². The second-order valence-electron chi connectivity index (χ2n) is 4.05. The number of benzene rings is 1. The summed E-state index contributed by atoms with van der Waals surface area (Å²) in [5.74, 6) is -0.163. The molecular weight excluding hydrogens is 290 g/mol. The second-order valence-corrected chi connectivity index (χ2v) is 5.60. The summed E-state index contributed by atoms with van der Waals surface area (Å²) in [7, 11) is 0. The lowest BCUT2D eigenvalue weighted by molar-refractivity contribution is -0.138. The normalized spacial score (nSPS) is 22.4. The summed E-state index contributed by atoms with van der Waals surface area (Å²) in [5, 5.41) is 21.7. The minimum Gasteiger partial charge on any atom is -0.503 e. The van der Waals surface area contributed by atoms with Crippen LogP contribution in [0.5, 0.6) is 11.5 Å². The predicted octanol–water partition coefficient (Wildman–Crippen LogP) is 2.23. The first-order valence-corrected chi connectivity index (χ1v) is 7.21. The van der Waals surface area contributed by atoms with E-state index in [4.69, 9.17) is 21.4 Å². The summed E-state index contributed by atoms with van der Waals surface area (Å²) in [6.07, 6.45) is 0. The van der Waals surface area contributed by atoms with Crippen molar-refractivity contribution in [2.45, 2.75) is 18.3 Å². The van der Waals surface area contributed by atoms with Gasteiger partial charge in [-0.05, 0) is 24.6 Å². The molecule has 1 heterocycles. The van der Waals surface area contributed by atoms with Gasteiger partial charge in [-0.3, -0.25) is 10.1 Å². The minimum absolute atomic E-state index is 0.0925. The monoisotopic (exact) mass is 303 g/mol. The molecular formula is C12H14ClNO4S. The van der Waals surface area contributed by atoms with Crippen LogP contribution in [0, 0.1) is 0 Å². The van der Waals surface area contributed by atoms with Crippen molar-refractivity contribution in [3.63, 3.8) is 0 Å². The van der Waals surface area contributed by atoms with Gasteiger partial charge >= 0.3 is 5.97 Å². The number of carboxylic acid groups (broad SMARTS) is 1. The number of carboxylic acids is 1. The maximum Gasteiger partial charge on any atom is 0.321 e. The number of carbonyl (C=O) groups is 1. The standard InChI is InChI=1S/C12H14ClNO4S/c1-2-18-9-4-6(3-7(13)10(9)15)11-14-8(5-19-11)12(16)17/h3-4,8,11,14-15H,2,5H2,1H3,(H,16,17). The van der Waals surface area contributed by atoms with Gasteiger partial charge in [0.1, 0.15) is 6.04 Å². The molecule has 0 amide bonds. The van der Waals surface area contributed by atoms with Crippen LogP contribution < -0.4 is 10.1 Å². The molecule has 19 heavy (non-hydrogen) atoms. The van der Waals surface area contributed by atoms with Gasteiger partial charge in [0.2, 0.25) is 0 Å². The van der Waals surface area contributed by atoms with E-state index < -0.39 is 12.0 Å². The van der Waals surface area contributed by atoms with E-state index in [0.717, 1.165) is 5.56 Å². The Kier molecular flexibility index (Phi) is 4.44. The zero-order valence-corrected chi connectivity index (χ0v) is 11.8. The molecule has 1 fully saturated rings. The van der Waals surface area contributed by atoms with Crippen molar-refractivity contribution in [3.8, 4) is 11.5 Å². The molecule has 1 aliphatic heterocycles. The molecule has 0 aliphatic carbocycles. The fourth-order valence-electron chi connectivity index (χ4n) is 1.82. The Bertz CT molecular complexity index is 497. The van der Waals surface area contributed by atoms with Crippen LogP contribution >= 0.6 is 23.4 Å².